The van der Waals surface area contributed by atoms with E-state index in [2.05, 4.69) is 15.9 Å². The Morgan fingerprint density at radius 2 is 1.95 bits per heavy atom. The molecule has 0 bridgehead atoms. The number of hydrogen-bond donors (Lipinski definition) is 0. The van der Waals surface area contributed by atoms with Crippen LogP contribution < -0.4 is 4.74 Å². The van der Waals surface area contributed by atoms with Crippen molar-refractivity contribution in [3.05, 3.63) is 62.6 Å². The summed E-state index contributed by atoms with van der Waals surface area (Å²) in [5.74, 6) is 0.893. The molecule has 0 radical (unpaired) electrons. The molecule has 0 saturated carbocycles. The fourth-order valence-corrected chi connectivity index (χ4v) is 2.35. The molecule has 0 aliphatic rings. The number of nitrogens with zero attached hydrogens (tertiary/aromatic N) is 1. The molecule has 0 aliphatic carbocycles. The third-order valence-corrected chi connectivity index (χ3v) is 3.48. The number of benzene rings is 2. The van der Waals surface area contributed by atoms with E-state index in [1.165, 1.54) is 12.1 Å². The van der Waals surface area contributed by atoms with Gasteiger partial charge in [-0.3, -0.25) is 14.9 Å². The summed E-state index contributed by atoms with van der Waals surface area (Å²) in [6.07, 6.45) is 0.420. The lowest BCUT2D eigenvalue weighted by atomic mass is 10.1. The molecule has 0 fully saturated rings. The maximum absolute atomic E-state index is 11.7. The number of hydrogen-bond acceptors (Lipinski definition) is 4. The van der Waals surface area contributed by atoms with Gasteiger partial charge in [-0.2, -0.15) is 0 Å². The summed E-state index contributed by atoms with van der Waals surface area (Å²) in [5.41, 5.74) is 0.549. The first-order valence-electron chi connectivity index (χ1n) is 6.26. The lowest BCUT2D eigenvalue weighted by Crippen LogP contribution is -1.98. The van der Waals surface area contributed by atoms with Crippen LogP contribution in [0, 0.1) is 10.1 Å². The number of Topliss-reactive ketones (excluding diaryl/α,β-unsaturated/α-hetero) is 1. The molecule has 2 rings (SSSR count). The SMILES string of the molecule is CCC(=O)c1ccc(Oc2cccc([N+](=O)[O-])c2)cc1Br. The van der Waals surface area contributed by atoms with Gasteiger partial charge in [-0.15, -0.1) is 0 Å². The minimum absolute atomic E-state index is 0.0313. The maximum Gasteiger partial charge on any atom is 0.273 e. The maximum atomic E-state index is 11.7. The molecule has 0 N–H and O–H groups in total. The van der Waals surface area contributed by atoms with E-state index in [1.807, 2.05) is 0 Å². The van der Waals surface area contributed by atoms with Crippen molar-refractivity contribution in [2.24, 2.45) is 0 Å². The number of rotatable bonds is 5. The second kappa shape index (κ2) is 6.49. The molecule has 0 saturated heterocycles. The molecule has 2 aromatic rings. The highest BCUT2D eigenvalue weighted by atomic mass is 79.9. The number of ketones is 1. The van der Waals surface area contributed by atoms with Gasteiger partial charge in [-0.25, -0.2) is 0 Å². The van der Waals surface area contributed by atoms with E-state index >= 15 is 0 Å². The molecule has 0 heterocycles. The van der Waals surface area contributed by atoms with Crippen LogP contribution in [0.4, 0.5) is 5.69 Å². The lowest BCUT2D eigenvalue weighted by Gasteiger charge is -2.08. The van der Waals surface area contributed by atoms with Crippen molar-refractivity contribution in [3.63, 3.8) is 0 Å². The summed E-state index contributed by atoms with van der Waals surface area (Å²) in [5, 5.41) is 10.7. The van der Waals surface area contributed by atoms with Gasteiger partial charge in [0.15, 0.2) is 5.78 Å². The van der Waals surface area contributed by atoms with E-state index in [-0.39, 0.29) is 11.5 Å². The van der Waals surface area contributed by atoms with E-state index in [0.29, 0.717) is 28.0 Å². The van der Waals surface area contributed by atoms with E-state index in [0.717, 1.165) is 0 Å². The first-order valence-corrected chi connectivity index (χ1v) is 7.05. The van der Waals surface area contributed by atoms with Crippen LogP contribution in [0.2, 0.25) is 0 Å². The summed E-state index contributed by atoms with van der Waals surface area (Å²) in [7, 11) is 0. The molecule has 0 atom stereocenters. The van der Waals surface area contributed by atoms with Gasteiger partial charge in [0, 0.05) is 22.5 Å². The van der Waals surface area contributed by atoms with Gasteiger partial charge in [0.1, 0.15) is 11.5 Å². The summed E-state index contributed by atoms with van der Waals surface area (Å²) >= 11 is 3.33. The zero-order valence-corrected chi connectivity index (χ0v) is 12.8. The largest absolute Gasteiger partial charge is 0.457 e. The number of carbonyl (C=O) groups excluding carboxylic acids is 1. The van der Waals surface area contributed by atoms with Crippen molar-refractivity contribution in [3.8, 4) is 11.5 Å². The van der Waals surface area contributed by atoms with Crippen LogP contribution in [0.3, 0.4) is 0 Å². The lowest BCUT2D eigenvalue weighted by molar-refractivity contribution is -0.384. The van der Waals surface area contributed by atoms with Gasteiger partial charge in [0.25, 0.3) is 5.69 Å². The molecule has 2 aromatic carbocycles. The monoisotopic (exact) mass is 349 g/mol. The number of ether oxygens (including phenoxy) is 1. The fraction of sp³-hybridized carbons (Fsp3) is 0.133. The molecule has 5 nitrogen and oxygen atoms in total. The summed E-state index contributed by atoms with van der Waals surface area (Å²) < 4.78 is 6.21. The molecular formula is C15H12BrNO4. The Labute approximate surface area is 129 Å². The van der Waals surface area contributed by atoms with Crippen molar-refractivity contribution < 1.29 is 14.5 Å². The van der Waals surface area contributed by atoms with Gasteiger partial charge < -0.3 is 4.74 Å². The van der Waals surface area contributed by atoms with Crippen LogP contribution >= 0.6 is 15.9 Å². The van der Waals surface area contributed by atoms with Crippen LogP contribution in [-0.2, 0) is 0 Å². The second-order valence-electron chi connectivity index (χ2n) is 4.27. The Kier molecular flexibility index (Phi) is 4.70. The first-order chi connectivity index (χ1) is 10.0. The Morgan fingerprint density at radius 3 is 2.57 bits per heavy atom. The number of non-ortho nitro benzene ring substituents is 1. The summed E-state index contributed by atoms with van der Waals surface area (Å²) in [4.78, 5) is 21.9. The number of carbonyl (C=O) groups is 1. The smallest absolute Gasteiger partial charge is 0.273 e. The molecule has 0 spiro atoms. The minimum Gasteiger partial charge on any atom is -0.457 e. The molecule has 21 heavy (non-hydrogen) atoms. The zero-order valence-electron chi connectivity index (χ0n) is 11.2. The average molecular weight is 350 g/mol. The van der Waals surface area contributed by atoms with E-state index in [1.54, 1.807) is 37.3 Å². The highest BCUT2D eigenvalue weighted by Crippen LogP contribution is 2.29. The van der Waals surface area contributed by atoms with E-state index < -0.39 is 4.92 Å². The van der Waals surface area contributed by atoms with Crippen molar-refractivity contribution in [1.29, 1.82) is 0 Å². The average Bonchev–Trinajstić information content (AvgIpc) is 2.47. The van der Waals surface area contributed by atoms with Crippen LogP contribution in [0.15, 0.2) is 46.9 Å². The van der Waals surface area contributed by atoms with Crippen LogP contribution in [0.1, 0.15) is 23.7 Å². The molecular weight excluding hydrogens is 338 g/mol. The Hall–Kier alpha value is -2.21. The van der Waals surface area contributed by atoms with Crippen molar-refractivity contribution in [2.45, 2.75) is 13.3 Å². The quantitative estimate of drug-likeness (QED) is 0.444. The molecule has 0 aliphatic heterocycles. The van der Waals surface area contributed by atoms with Gasteiger partial charge in [0.05, 0.1) is 11.0 Å². The fourth-order valence-electron chi connectivity index (χ4n) is 1.77. The molecule has 0 amide bonds. The van der Waals surface area contributed by atoms with Crippen molar-refractivity contribution in [1.82, 2.24) is 0 Å². The molecule has 0 unspecified atom stereocenters. The molecule has 108 valence electrons. The van der Waals surface area contributed by atoms with Crippen molar-refractivity contribution >= 4 is 27.4 Å². The topological polar surface area (TPSA) is 69.4 Å². The Balaban J connectivity index is 2.24. The summed E-state index contributed by atoms with van der Waals surface area (Å²) in [6, 6.07) is 10.9. The Morgan fingerprint density at radius 1 is 1.24 bits per heavy atom. The Bertz CT molecular complexity index is 700. The highest BCUT2D eigenvalue weighted by Gasteiger charge is 2.11. The second-order valence-corrected chi connectivity index (χ2v) is 5.13. The van der Waals surface area contributed by atoms with E-state index in [9.17, 15) is 14.9 Å². The number of nitro benzene ring substituents is 1. The minimum atomic E-state index is -0.480. The van der Waals surface area contributed by atoms with Crippen LogP contribution in [0.25, 0.3) is 0 Å². The number of halogens is 1. The number of nitro groups is 1. The van der Waals surface area contributed by atoms with Gasteiger partial charge in [0.2, 0.25) is 0 Å². The predicted molar refractivity (Wildman–Crippen MR) is 81.9 cm³/mol. The summed E-state index contributed by atoms with van der Waals surface area (Å²) in [6.45, 7) is 1.79. The van der Waals surface area contributed by atoms with Crippen molar-refractivity contribution in [2.75, 3.05) is 0 Å². The molecule has 0 aromatic heterocycles. The highest BCUT2D eigenvalue weighted by molar-refractivity contribution is 9.10. The third-order valence-electron chi connectivity index (χ3n) is 2.83. The van der Waals surface area contributed by atoms with Gasteiger partial charge >= 0.3 is 0 Å². The van der Waals surface area contributed by atoms with Gasteiger partial charge in [-0.1, -0.05) is 13.0 Å². The van der Waals surface area contributed by atoms with Crippen LogP contribution in [0.5, 0.6) is 11.5 Å². The standard InChI is InChI=1S/C15H12BrNO4/c1-2-15(18)13-7-6-12(9-14(13)16)21-11-5-3-4-10(8-11)17(19)20/h3-9H,2H2,1H3. The molecule has 6 heteroatoms. The van der Waals surface area contributed by atoms with Crippen LogP contribution in [-0.4, -0.2) is 10.7 Å². The first kappa shape index (κ1) is 15.2. The van der Waals surface area contributed by atoms with Gasteiger partial charge in [-0.05, 0) is 40.2 Å². The normalized spacial score (nSPS) is 10.2. The van der Waals surface area contributed by atoms with E-state index in [4.69, 9.17) is 4.74 Å². The third kappa shape index (κ3) is 3.66. The zero-order chi connectivity index (χ0) is 15.4. The predicted octanol–water partition coefficient (Wildman–Crippen LogP) is 4.74.